The third kappa shape index (κ3) is 4.49. The molecule has 2 aliphatic rings. The Hall–Kier alpha value is -2.73. The largest absolute Gasteiger partial charge is 0.494 e. The first-order valence-electron chi connectivity index (χ1n) is 10.7. The monoisotopic (exact) mass is 435 g/mol. The van der Waals surface area contributed by atoms with E-state index in [-0.39, 0.29) is 11.4 Å². The highest BCUT2D eigenvalue weighted by Gasteiger charge is 2.34. The summed E-state index contributed by atoms with van der Waals surface area (Å²) < 4.78 is 5.46. The summed E-state index contributed by atoms with van der Waals surface area (Å²) in [4.78, 5) is 20.1. The number of amides is 1. The summed E-state index contributed by atoms with van der Waals surface area (Å²) in [6.45, 7) is 9.43. The van der Waals surface area contributed by atoms with Crippen LogP contribution in [0.3, 0.4) is 0 Å². The van der Waals surface area contributed by atoms with Crippen molar-refractivity contribution < 1.29 is 9.53 Å². The van der Waals surface area contributed by atoms with Gasteiger partial charge in [0.05, 0.1) is 17.2 Å². The number of nitrogens with zero attached hydrogens (tertiary/aromatic N) is 2. The van der Waals surface area contributed by atoms with Crippen LogP contribution in [0.15, 0.2) is 52.4 Å². The summed E-state index contributed by atoms with van der Waals surface area (Å²) in [5.74, 6) is 1.17. The molecule has 0 aromatic heterocycles. The maximum absolute atomic E-state index is 12.5. The third-order valence-corrected chi connectivity index (χ3v) is 6.89. The second-order valence-electron chi connectivity index (χ2n) is 8.70. The number of amidine groups is 1. The molecule has 1 amide bonds. The Morgan fingerprint density at radius 1 is 1.26 bits per heavy atom. The zero-order chi connectivity index (χ0) is 22.2. The van der Waals surface area contributed by atoms with E-state index in [0.717, 1.165) is 23.4 Å². The van der Waals surface area contributed by atoms with Crippen molar-refractivity contribution in [2.75, 3.05) is 18.6 Å². The Kier molecular flexibility index (Phi) is 5.84. The Morgan fingerprint density at radius 3 is 2.71 bits per heavy atom. The zero-order valence-corrected chi connectivity index (χ0v) is 19.5. The van der Waals surface area contributed by atoms with E-state index in [0.29, 0.717) is 22.6 Å². The third-order valence-electron chi connectivity index (χ3n) is 5.98. The van der Waals surface area contributed by atoms with E-state index in [4.69, 9.17) is 4.74 Å². The molecule has 162 valence electrons. The number of carbonyl (C=O) groups excluding carboxylic acids is 1. The number of hydrogen-bond donors (Lipinski definition) is 1. The number of rotatable bonds is 4. The second kappa shape index (κ2) is 8.42. The van der Waals surface area contributed by atoms with Crippen molar-refractivity contribution in [1.82, 2.24) is 5.32 Å². The summed E-state index contributed by atoms with van der Waals surface area (Å²) in [5, 5.41) is 3.46. The standard InChI is InChI=1S/C25H29N3O2S/c1-6-30-19-10-8-18(9-11-19)26-24-27-23(29)22(31-24)14-17-7-12-21-20(13-17)16(2)15-25(3,4)28(21)5/h7-14,16H,6,15H2,1-5H3,(H,26,27,29)/b22-14+. The Bertz CT molecular complexity index is 1060. The normalized spacial score (nSPS) is 22.5. The van der Waals surface area contributed by atoms with Crippen molar-refractivity contribution in [2.45, 2.75) is 45.6 Å². The molecule has 0 radical (unpaired) electrons. The van der Waals surface area contributed by atoms with E-state index in [2.05, 4.69) is 61.2 Å². The molecule has 1 N–H and O–H groups in total. The van der Waals surface area contributed by atoms with E-state index < -0.39 is 0 Å². The molecule has 0 bridgehead atoms. The average Bonchev–Trinajstić information content (AvgIpc) is 3.06. The molecular formula is C25H29N3O2S. The van der Waals surface area contributed by atoms with Gasteiger partial charge in [0.25, 0.3) is 5.91 Å². The van der Waals surface area contributed by atoms with E-state index in [1.54, 1.807) is 0 Å². The predicted octanol–water partition coefficient (Wildman–Crippen LogP) is 5.70. The number of ether oxygens (including phenoxy) is 1. The molecule has 1 saturated heterocycles. The Morgan fingerprint density at radius 2 is 2.00 bits per heavy atom. The molecule has 1 unspecified atom stereocenters. The highest BCUT2D eigenvalue weighted by Crippen LogP contribution is 2.43. The van der Waals surface area contributed by atoms with Crippen LogP contribution in [0, 0.1) is 0 Å². The van der Waals surface area contributed by atoms with Gasteiger partial charge < -0.3 is 15.0 Å². The molecule has 2 aromatic carbocycles. The van der Waals surface area contributed by atoms with Crippen LogP contribution in [0.5, 0.6) is 5.75 Å². The molecule has 2 aliphatic heterocycles. The number of thioether (sulfide) groups is 1. The van der Waals surface area contributed by atoms with E-state index in [1.807, 2.05) is 37.3 Å². The van der Waals surface area contributed by atoms with Crippen LogP contribution in [0.2, 0.25) is 0 Å². The van der Waals surface area contributed by atoms with Crippen molar-refractivity contribution >= 4 is 40.3 Å². The van der Waals surface area contributed by atoms with E-state index in [1.165, 1.54) is 23.0 Å². The van der Waals surface area contributed by atoms with Crippen molar-refractivity contribution in [2.24, 2.45) is 4.99 Å². The fraction of sp³-hybridized carbons (Fsp3) is 0.360. The van der Waals surface area contributed by atoms with Crippen molar-refractivity contribution in [1.29, 1.82) is 0 Å². The summed E-state index contributed by atoms with van der Waals surface area (Å²) in [6.07, 6.45) is 3.05. The van der Waals surface area contributed by atoms with E-state index >= 15 is 0 Å². The summed E-state index contributed by atoms with van der Waals surface area (Å²) in [5.41, 5.74) is 4.56. The average molecular weight is 436 g/mol. The van der Waals surface area contributed by atoms with Gasteiger partial charge >= 0.3 is 0 Å². The lowest BCUT2D eigenvalue weighted by atomic mass is 9.80. The van der Waals surface area contributed by atoms with Crippen LogP contribution >= 0.6 is 11.8 Å². The number of nitrogens with one attached hydrogen (secondary N) is 1. The Balaban J connectivity index is 1.55. The summed E-state index contributed by atoms with van der Waals surface area (Å²) in [7, 11) is 2.16. The Labute approximate surface area is 188 Å². The van der Waals surface area contributed by atoms with Crippen LogP contribution in [0.25, 0.3) is 6.08 Å². The van der Waals surface area contributed by atoms with Crippen molar-refractivity contribution in [3.63, 3.8) is 0 Å². The first-order valence-corrected chi connectivity index (χ1v) is 11.5. The molecule has 1 atom stereocenters. The number of hydrogen-bond acceptors (Lipinski definition) is 5. The first kappa shape index (κ1) is 21.5. The van der Waals surface area contributed by atoms with Gasteiger partial charge in [0.1, 0.15) is 5.75 Å². The second-order valence-corrected chi connectivity index (χ2v) is 9.73. The van der Waals surface area contributed by atoms with Gasteiger partial charge in [-0.1, -0.05) is 13.0 Å². The maximum atomic E-state index is 12.5. The van der Waals surface area contributed by atoms with Gasteiger partial charge in [0.2, 0.25) is 0 Å². The zero-order valence-electron chi connectivity index (χ0n) is 18.7. The highest BCUT2D eigenvalue weighted by molar-refractivity contribution is 8.18. The highest BCUT2D eigenvalue weighted by atomic mass is 32.2. The van der Waals surface area contributed by atoms with Crippen LogP contribution in [0.1, 0.15) is 51.2 Å². The lowest BCUT2D eigenvalue weighted by Gasteiger charge is -2.45. The maximum Gasteiger partial charge on any atom is 0.264 e. The van der Waals surface area contributed by atoms with Crippen molar-refractivity contribution in [3.05, 3.63) is 58.5 Å². The van der Waals surface area contributed by atoms with Crippen LogP contribution in [-0.2, 0) is 4.79 Å². The molecule has 0 spiro atoms. The number of benzene rings is 2. The lowest BCUT2D eigenvalue weighted by molar-refractivity contribution is -0.115. The molecule has 4 rings (SSSR count). The topological polar surface area (TPSA) is 53.9 Å². The van der Waals surface area contributed by atoms with E-state index in [9.17, 15) is 4.79 Å². The number of anilines is 1. The number of fused-ring (bicyclic) bond motifs is 1. The fourth-order valence-corrected chi connectivity index (χ4v) is 5.06. The quantitative estimate of drug-likeness (QED) is 0.626. The molecule has 1 fully saturated rings. The summed E-state index contributed by atoms with van der Waals surface area (Å²) >= 11 is 1.37. The van der Waals surface area contributed by atoms with Crippen LogP contribution in [-0.4, -0.2) is 30.3 Å². The molecule has 5 nitrogen and oxygen atoms in total. The molecular weight excluding hydrogens is 406 g/mol. The number of carbonyl (C=O) groups is 1. The first-order chi connectivity index (χ1) is 14.8. The van der Waals surface area contributed by atoms with Gasteiger partial charge in [-0.3, -0.25) is 4.79 Å². The molecule has 0 saturated carbocycles. The van der Waals surface area contributed by atoms with Gasteiger partial charge in [-0.2, -0.15) is 0 Å². The summed E-state index contributed by atoms with van der Waals surface area (Å²) in [6, 6.07) is 14.0. The number of aliphatic imine (C=N–C) groups is 1. The van der Waals surface area contributed by atoms with Gasteiger partial charge in [0, 0.05) is 18.3 Å². The van der Waals surface area contributed by atoms with Crippen molar-refractivity contribution in [3.8, 4) is 5.75 Å². The van der Waals surface area contributed by atoms with Crippen LogP contribution < -0.4 is 15.0 Å². The minimum Gasteiger partial charge on any atom is -0.494 e. The smallest absolute Gasteiger partial charge is 0.264 e. The van der Waals surface area contributed by atoms with Crippen LogP contribution in [0.4, 0.5) is 11.4 Å². The van der Waals surface area contributed by atoms with Gasteiger partial charge in [-0.15, -0.1) is 0 Å². The molecule has 2 heterocycles. The SMILES string of the molecule is CCOc1ccc(N=C2NC(=O)/C(=C\c3ccc4c(c3)C(C)CC(C)(C)N4C)S2)cc1. The molecule has 6 heteroatoms. The van der Waals surface area contributed by atoms with Gasteiger partial charge in [0.15, 0.2) is 5.17 Å². The predicted molar refractivity (Wildman–Crippen MR) is 130 cm³/mol. The minimum atomic E-state index is -0.112. The molecule has 0 aliphatic carbocycles. The molecule has 31 heavy (non-hydrogen) atoms. The molecule has 2 aromatic rings. The van der Waals surface area contributed by atoms with Gasteiger partial charge in [-0.25, -0.2) is 4.99 Å². The minimum absolute atomic E-state index is 0.112. The van der Waals surface area contributed by atoms with Gasteiger partial charge in [-0.05, 0) is 98.5 Å². The lowest BCUT2D eigenvalue weighted by Crippen LogP contribution is -2.45. The fourth-order valence-electron chi connectivity index (χ4n) is 4.22.